The molecule has 4 aromatic rings. The van der Waals surface area contributed by atoms with Gasteiger partial charge in [0.05, 0.1) is 38.1 Å². The number of aromatic nitrogens is 3. The zero-order valence-corrected chi connectivity index (χ0v) is 34.0. The highest BCUT2D eigenvalue weighted by Crippen LogP contribution is 2.42. The van der Waals surface area contributed by atoms with Crippen LogP contribution < -0.4 is 25.0 Å². The fraction of sp³-hybridized carbons (Fsp3) is 0.429. The summed E-state index contributed by atoms with van der Waals surface area (Å²) in [6.07, 6.45) is 5.33. The number of hydrogen-bond donors (Lipinski definition) is 3. The molecule has 2 saturated heterocycles. The molecule has 318 valence electrons. The lowest BCUT2D eigenvalue weighted by molar-refractivity contribution is -0.198. The van der Waals surface area contributed by atoms with Crippen LogP contribution in [0.5, 0.6) is 11.5 Å². The van der Waals surface area contributed by atoms with E-state index >= 15 is 0 Å². The molecule has 7 rings (SSSR count). The predicted octanol–water partition coefficient (Wildman–Crippen LogP) is 5.63. The van der Waals surface area contributed by atoms with Crippen LogP contribution in [-0.4, -0.2) is 106 Å². The topological polar surface area (TPSA) is 205 Å². The Kier molecular flexibility index (Phi) is 12.7. The maximum atomic E-state index is 14.0. The van der Waals surface area contributed by atoms with Gasteiger partial charge >= 0.3 is 12.1 Å². The number of benzene rings is 2. The number of fused-ring (bicyclic) bond motifs is 2. The van der Waals surface area contributed by atoms with E-state index in [9.17, 15) is 29.1 Å². The number of esters is 1. The van der Waals surface area contributed by atoms with Crippen LogP contribution in [-0.2, 0) is 33.1 Å². The van der Waals surface area contributed by atoms with Gasteiger partial charge in [0.1, 0.15) is 5.69 Å². The molecule has 3 atom stereocenters. The number of ether oxygens (including phenoxy) is 5. The summed E-state index contributed by atoms with van der Waals surface area (Å²) in [6.45, 7) is 1.03. The highest BCUT2D eigenvalue weighted by molar-refractivity contribution is 6.06. The quantitative estimate of drug-likeness (QED) is 0.111. The van der Waals surface area contributed by atoms with Gasteiger partial charge in [-0.1, -0.05) is 12.1 Å². The first-order chi connectivity index (χ1) is 28.9. The number of imidazole rings is 1. The molecule has 0 spiro atoms. The number of carboxylic acid groups (broad SMARTS) is 1. The third-order valence-corrected chi connectivity index (χ3v) is 10.8. The van der Waals surface area contributed by atoms with Crippen molar-refractivity contribution in [1.29, 1.82) is 0 Å². The molecule has 4 amide bonds. The van der Waals surface area contributed by atoms with E-state index < -0.39 is 36.5 Å². The number of piperidine rings is 1. The molecular formula is C42H49N7O11. The monoisotopic (exact) mass is 827 g/mol. The van der Waals surface area contributed by atoms with Crippen LogP contribution in [0, 0.1) is 0 Å². The van der Waals surface area contributed by atoms with E-state index in [1.54, 1.807) is 41.8 Å². The molecule has 18 heteroatoms. The summed E-state index contributed by atoms with van der Waals surface area (Å²) < 4.78 is 31.9. The van der Waals surface area contributed by atoms with Crippen molar-refractivity contribution in [2.24, 2.45) is 14.1 Å². The number of nitrogens with zero attached hydrogens (tertiary/aromatic N) is 5. The Balaban J connectivity index is 0.968. The molecule has 0 bridgehead atoms. The lowest BCUT2D eigenvalue weighted by Gasteiger charge is -2.42. The van der Waals surface area contributed by atoms with Gasteiger partial charge < -0.3 is 53.5 Å². The van der Waals surface area contributed by atoms with Crippen LogP contribution in [0.2, 0.25) is 0 Å². The molecular weight excluding hydrogens is 778 g/mol. The Morgan fingerprint density at radius 3 is 2.42 bits per heavy atom. The van der Waals surface area contributed by atoms with Crippen molar-refractivity contribution in [1.82, 2.24) is 19.0 Å². The second kappa shape index (κ2) is 18.3. The van der Waals surface area contributed by atoms with Gasteiger partial charge in [-0.2, -0.15) is 0 Å². The van der Waals surface area contributed by atoms with Gasteiger partial charge in [0.2, 0.25) is 11.7 Å². The Labute approximate surface area is 346 Å². The molecule has 0 aliphatic carbocycles. The first-order valence-electron chi connectivity index (χ1n) is 19.9. The lowest BCUT2D eigenvalue weighted by atomic mass is 10.00. The molecule has 5 heterocycles. The van der Waals surface area contributed by atoms with Gasteiger partial charge in [0, 0.05) is 63.4 Å². The Hall–Kier alpha value is -6.40. The van der Waals surface area contributed by atoms with Gasteiger partial charge in [-0.15, -0.1) is 0 Å². The van der Waals surface area contributed by atoms with Crippen molar-refractivity contribution in [2.45, 2.75) is 69.9 Å². The summed E-state index contributed by atoms with van der Waals surface area (Å²) in [5.41, 5.74) is 2.85. The van der Waals surface area contributed by atoms with E-state index in [4.69, 9.17) is 23.7 Å². The van der Waals surface area contributed by atoms with Crippen LogP contribution >= 0.6 is 0 Å². The van der Waals surface area contributed by atoms with E-state index in [1.165, 1.54) is 37.1 Å². The second-order valence-corrected chi connectivity index (χ2v) is 14.9. The summed E-state index contributed by atoms with van der Waals surface area (Å²) in [4.78, 5) is 72.2. The molecule has 18 nitrogen and oxygen atoms in total. The molecule has 1 unspecified atom stereocenters. The summed E-state index contributed by atoms with van der Waals surface area (Å²) >= 11 is 0. The van der Waals surface area contributed by atoms with Gasteiger partial charge in [0.25, 0.3) is 11.8 Å². The first kappa shape index (κ1) is 41.7. The van der Waals surface area contributed by atoms with Gasteiger partial charge in [-0.05, 0) is 74.8 Å². The van der Waals surface area contributed by atoms with Gasteiger partial charge in [-0.25, -0.2) is 19.5 Å². The Bertz CT molecular complexity index is 2250. The average Bonchev–Trinajstić information content (AvgIpc) is 3.80. The Morgan fingerprint density at radius 1 is 0.917 bits per heavy atom. The van der Waals surface area contributed by atoms with Crippen LogP contribution in [0.15, 0.2) is 54.9 Å². The number of methoxy groups -OCH3 is 2. The molecule has 0 saturated carbocycles. The standard InChI is InChI=1S/C42H49N7O11/c1-46-23-26(20-31(46)41(53)57-4)25-13-15-27(16-14-25)43-38(51)37-45-34(24-47(37)2)44-35(50)11-9-19-58-33-22-30-28(21-32(33)56-3)39(52)48-17-7-5-10-29(48)40(49(30)42(54)55)60-36-12-6-8-18-59-36/h13-16,20-24,29,36,40H,5-12,17-19H2,1-4H3,(H,43,51)(H,44,50)(H,54,55)/t29-,36?,40-/m0/s1. The van der Waals surface area contributed by atoms with Crippen LogP contribution in [0.4, 0.5) is 22.0 Å². The normalized spacial score (nSPS) is 18.8. The summed E-state index contributed by atoms with van der Waals surface area (Å²) in [5, 5.41) is 16.1. The van der Waals surface area contributed by atoms with Crippen molar-refractivity contribution in [3.05, 3.63) is 71.9 Å². The van der Waals surface area contributed by atoms with E-state index in [1.807, 2.05) is 18.3 Å². The second-order valence-electron chi connectivity index (χ2n) is 14.9. The predicted molar refractivity (Wildman–Crippen MR) is 217 cm³/mol. The van der Waals surface area contributed by atoms with Crippen molar-refractivity contribution in [3.63, 3.8) is 0 Å². The number of carbonyl (C=O) groups excluding carboxylic acids is 4. The summed E-state index contributed by atoms with van der Waals surface area (Å²) in [6, 6.07) is 11.3. The van der Waals surface area contributed by atoms with E-state index in [2.05, 4.69) is 15.6 Å². The zero-order valence-electron chi connectivity index (χ0n) is 34.0. The van der Waals surface area contributed by atoms with Crippen molar-refractivity contribution in [3.8, 4) is 22.6 Å². The van der Waals surface area contributed by atoms with Crippen LogP contribution in [0.3, 0.4) is 0 Å². The van der Waals surface area contributed by atoms with Crippen LogP contribution in [0.25, 0.3) is 11.1 Å². The number of amides is 4. The smallest absolute Gasteiger partial charge is 0.414 e. The number of carbonyl (C=O) groups is 5. The minimum atomic E-state index is -1.28. The van der Waals surface area contributed by atoms with Crippen molar-refractivity contribution < 1.29 is 52.8 Å². The maximum absolute atomic E-state index is 14.0. The Morgan fingerprint density at radius 2 is 1.70 bits per heavy atom. The van der Waals surface area contributed by atoms with Crippen LogP contribution in [0.1, 0.15) is 82.8 Å². The number of rotatable bonds is 13. The molecule has 2 aromatic heterocycles. The summed E-state index contributed by atoms with van der Waals surface area (Å²) in [5.74, 6) is -0.914. The van der Waals surface area contributed by atoms with Crippen molar-refractivity contribution >= 4 is 47.0 Å². The largest absolute Gasteiger partial charge is 0.493 e. The fourth-order valence-electron chi connectivity index (χ4n) is 7.82. The molecule has 3 aliphatic rings. The molecule has 3 N–H and O–H groups in total. The molecule has 60 heavy (non-hydrogen) atoms. The number of anilines is 3. The maximum Gasteiger partial charge on any atom is 0.414 e. The van der Waals surface area contributed by atoms with Crippen molar-refractivity contribution in [2.75, 3.05) is 49.5 Å². The molecule has 0 radical (unpaired) electrons. The first-order valence-corrected chi connectivity index (χ1v) is 19.9. The highest BCUT2D eigenvalue weighted by Gasteiger charge is 2.46. The molecule has 2 fully saturated rings. The molecule has 2 aromatic carbocycles. The fourth-order valence-corrected chi connectivity index (χ4v) is 7.82. The third-order valence-electron chi connectivity index (χ3n) is 10.8. The zero-order chi connectivity index (χ0) is 42.5. The third kappa shape index (κ3) is 8.93. The van der Waals surface area contributed by atoms with Gasteiger partial charge in [0.15, 0.2) is 29.8 Å². The average molecular weight is 828 g/mol. The summed E-state index contributed by atoms with van der Waals surface area (Å²) in [7, 11) is 6.15. The number of nitrogens with one attached hydrogen (secondary N) is 2. The lowest BCUT2D eigenvalue weighted by Crippen LogP contribution is -2.57. The molecule has 3 aliphatic heterocycles. The highest BCUT2D eigenvalue weighted by atomic mass is 16.7. The number of hydrogen-bond acceptors (Lipinski definition) is 11. The van der Waals surface area contributed by atoms with Gasteiger partial charge in [-0.3, -0.25) is 14.4 Å². The number of aryl methyl sites for hydroxylation is 2. The van der Waals surface area contributed by atoms with E-state index in [-0.39, 0.29) is 65.7 Å². The van der Waals surface area contributed by atoms with E-state index in [0.29, 0.717) is 37.4 Å². The minimum Gasteiger partial charge on any atom is -0.493 e. The van der Waals surface area contributed by atoms with E-state index in [0.717, 1.165) is 41.7 Å². The minimum absolute atomic E-state index is 0.0356. The SMILES string of the molecule is COC(=O)c1cc(-c2ccc(NC(=O)c3nc(NC(=O)CCCOc4cc5c(cc4OC)C(=O)N4CCCC[C@H]4[C@H](OC4CCCCO4)N5C(=O)O)cn3C)cc2)cn1C.